The van der Waals surface area contributed by atoms with Gasteiger partial charge in [0.25, 0.3) is 0 Å². The number of thioether (sulfide) groups is 1. The minimum absolute atomic E-state index is 0.0129. The first-order chi connectivity index (χ1) is 6.62. The van der Waals surface area contributed by atoms with Crippen LogP contribution >= 0.6 is 23.3 Å². The highest BCUT2D eigenvalue weighted by molar-refractivity contribution is 8.00. The van der Waals surface area contributed by atoms with Crippen LogP contribution in [0.1, 0.15) is 36.4 Å². The Balaban J connectivity index is 2.18. The summed E-state index contributed by atoms with van der Waals surface area (Å²) >= 11 is 3.32. The number of hydrogen-bond acceptors (Lipinski definition) is 4. The summed E-state index contributed by atoms with van der Waals surface area (Å²) < 4.78 is 4.23. The van der Waals surface area contributed by atoms with Gasteiger partial charge in [0.1, 0.15) is 6.10 Å². The molecule has 1 aliphatic rings. The molecular formula is C10H15NOS2. The summed E-state index contributed by atoms with van der Waals surface area (Å²) in [4.78, 5) is 1.01. The van der Waals surface area contributed by atoms with Crippen molar-refractivity contribution in [2.45, 2.75) is 37.5 Å². The van der Waals surface area contributed by atoms with Gasteiger partial charge >= 0.3 is 0 Å². The first-order valence-corrected chi connectivity index (χ1v) is 6.63. The predicted molar refractivity (Wildman–Crippen MR) is 61.9 cm³/mol. The molecule has 0 radical (unpaired) electrons. The zero-order valence-corrected chi connectivity index (χ0v) is 10.1. The second-order valence-electron chi connectivity index (χ2n) is 4.04. The summed E-state index contributed by atoms with van der Waals surface area (Å²) in [7, 11) is 0. The number of aromatic nitrogens is 1. The van der Waals surface area contributed by atoms with Gasteiger partial charge in [-0.2, -0.15) is 16.1 Å². The van der Waals surface area contributed by atoms with Gasteiger partial charge < -0.3 is 5.11 Å². The van der Waals surface area contributed by atoms with Crippen molar-refractivity contribution in [3.63, 3.8) is 0 Å². The van der Waals surface area contributed by atoms with E-state index in [1.54, 1.807) is 0 Å². The number of rotatable bonds is 2. The molecular weight excluding hydrogens is 214 g/mol. The molecule has 1 aromatic rings. The minimum Gasteiger partial charge on any atom is -0.386 e. The van der Waals surface area contributed by atoms with Gasteiger partial charge in [-0.3, -0.25) is 0 Å². The quantitative estimate of drug-likeness (QED) is 0.846. The van der Waals surface area contributed by atoms with E-state index in [-0.39, 0.29) is 10.9 Å². The molecule has 1 saturated heterocycles. The van der Waals surface area contributed by atoms with Gasteiger partial charge in [-0.1, -0.05) is 0 Å². The van der Waals surface area contributed by atoms with Crippen LogP contribution in [0.5, 0.6) is 0 Å². The summed E-state index contributed by atoms with van der Waals surface area (Å²) in [5, 5.41) is 10.2. The van der Waals surface area contributed by atoms with Crippen molar-refractivity contribution in [2.24, 2.45) is 0 Å². The Morgan fingerprint density at radius 2 is 2.43 bits per heavy atom. The standard InChI is InChI=1S/C10H15NOS2/c1-7-6-8(14-11-7)9(12)10(2)4-3-5-13-10/h6,9,12H,3-5H2,1-2H3. The number of aryl methyl sites for hydroxylation is 1. The van der Waals surface area contributed by atoms with E-state index in [2.05, 4.69) is 11.3 Å². The topological polar surface area (TPSA) is 33.1 Å². The Labute approximate surface area is 92.9 Å². The molecule has 1 N–H and O–H groups in total. The van der Waals surface area contributed by atoms with Crippen LogP contribution in [0.25, 0.3) is 0 Å². The van der Waals surface area contributed by atoms with Gasteiger partial charge in [0.05, 0.1) is 10.6 Å². The van der Waals surface area contributed by atoms with Crippen LogP contribution in [0.2, 0.25) is 0 Å². The number of hydrogen-bond donors (Lipinski definition) is 1. The lowest BCUT2D eigenvalue weighted by atomic mass is 9.97. The Bertz CT molecular complexity index is 318. The van der Waals surface area contributed by atoms with Crippen LogP contribution in [-0.2, 0) is 0 Å². The zero-order valence-electron chi connectivity index (χ0n) is 8.49. The van der Waals surface area contributed by atoms with E-state index < -0.39 is 0 Å². The molecule has 0 aromatic carbocycles. The highest BCUT2D eigenvalue weighted by Gasteiger charge is 2.38. The second-order valence-corrected chi connectivity index (χ2v) is 6.50. The molecule has 1 aromatic heterocycles. The molecule has 2 rings (SSSR count). The molecule has 2 heterocycles. The number of aliphatic hydroxyl groups excluding tert-OH is 1. The fourth-order valence-electron chi connectivity index (χ4n) is 1.83. The molecule has 2 nitrogen and oxygen atoms in total. The van der Waals surface area contributed by atoms with E-state index >= 15 is 0 Å². The third-order valence-electron chi connectivity index (χ3n) is 2.74. The van der Waals surface area contributed by atoms with Crippen LogP contribution < -0.4 is 0 Å². The van der Waals surface area contributed by atoms with Crippen LogP contribution in [0, 0.1) is 6.92 Å². The van der Waals surface area contributed by atoms with E-state index in [1.807, 2.05) is 24.8 Å². The molecule has 2 atom stereocenters. The zero-order chi connectivity index (χ0) is 10.2. The lowest BCUT2D eigenvalue weighted by Gasteiger charge is -2.27. The minimum atomic E-state index is -0.346. The first kappa shape index (κ1) is 10.5. The molecule has 78 valence electrons. The van der Waals surface area contributed by atoms with E-state index in [0.717, 1.165) is 17.0 Å². The molecule has 0 spiro atoms. The van der Waals surface area contributed by atoms with Crippen molar-refractivity contribution in [3.05, 3.63) is 16.6 Å². The molecule has 0 saturated carbocycles. The van der Waals surface area contributed by atoms with Gasteiger partial charge in [0.2, 0.25) is 0 Å². The number of aliphatic hydroxyl groups is 1. The Hall–Kier alpha value is -0.0600. The Kier molecular flexibility index (Phi) is 2.86. The molecule has 0 bridgehead atoms. The first-order valence-electron chi connectivity index (χ1n) is 4.87. The summed E-state index contributed by atoms with van der Waals surface area (Å²) in [6.07, 6.45) is 1.98. The van der Waals surface area contributed by atoms with E-state index in [9.17, 15) is 5.11 Å². The Morgan fingerprint density at radius 3 is 2.93 bits per heavy atom. The highest BCUT2D eigenvalue weighted by Crippen LogP contribution is 2.47. The normalized spacial score (nSPS) is 29.4. The third kappa shape index (κ3) is 1.83. The summed E-state index contributed by atoms with van der Waals surface area (Å²) in [5.74, 6) is 1.17. The van der Waals surface area contributed by atoms with Crippen LogP contribution in [0.4, 0.5) is 0 Å². The summed E-state index contributed by atoms with van der Waals surface area (Å²) in [6, 6.07) is 2.00. The van der Waals surface area contributed by atoms with E-state index in [4.69, 9.17) is 0 Å². The van der Waals surface area contributed by atoms with Gasteiger partial charge in [-0.05, 0) is 50.0 Å². The fourth-order valence-corrected chi connectivity index (χ4v) is 4.12. The highest BCUT2D eigenvalue weighted by atomic mass is 32.2. The largest absolute Gasteiger partial charge is 0.386 e. The molecule has 1 fully saturated rings. The average molecular weight is 229 g/mol. The maximum Gasteiger partial charge on any atom is 0.104 e. The van der Waals surface area contributed by atoms with Crippen molar-refractivity contribution in [2.75, 3.05) is 5.75 Å². The second kappa shape index (κ2) is 3.83. The summed E-state index contributed by atoms with van der Waals surface area (Å²) in [6.45, 7) is 4.13. The molecule has 14 heavy (non-hydrogen) atoms. The summed E-state index contributed by atoms with van der Waals surface area (Å²) in [5.41, 5.74) is 1.01. The van der Waals surface area contributed by atoms with Crippen LogP contribution in [0.3, 0.4) is 0 Å². The maximum absolute atomic E-state index is 10.2. The predicted octanol–water partition coefficient (Wildman–Crippen LogP) is 2.77. The van der Waals surface area contributed by atoms with Crippen molar-refractivity contribution in [3.8, 4) is 0 Å². The van der Waals surface area contributed by atoms with Gasteiger partial charge in [-0.15, -0.1) is 0 Å². The molecule has 4 heteroatoms. The van der Waals surface area contributed by atoms with Gasteiger partial charge in [0.15, 0.2) is 0 Å². The van der Waals surface area contributed by atoms with Gasteiger partial charge in [-0.25, -0.2) is 0 Å². The van der Waals surface area contributed by atoms with Crippen LogP contribution in [0.15, 0.2) is 6.07 Å². The monoisotopic (exact) mass is 229 g/mol. The maximum atomic E-state index is 10.2. The number of nitrogens with zero attached hydrogens (tertiary/aromatic N) is 1. The van der Waals surface area contributed by atoms with Gasteiger partial charge in [0, 0.05) is 4.75 Å². The molecule has 0 aliphatic carbocycles. The van der Waals surface area contributed by atoms with Crippen molar-refractivity contribution < 1.29 is 5.11 Å². The van der Waals surface area contributed by atoms with E-state index in [1.165, 1.54) is 23.7 Å². The fraction of sp³-hybridized carbons (Fsp3) is 0.700. The smallest absolute Gasteiger partial charge is 0.104 e. The van der Waals surface area contributed by atoms with Crippen molar-refractivity contribution in [1.82, 2.24) is 4.37 Å². The Morgan fingerprint density at radius 1 is 1.64 bits per heavy atom. The van der Waals surface area contributed by atoms with Crippen LogP contribution in [-0.4, -0.2) is 20.0 Å². The lowest BCUT2D eigenvalue weighted by Crippen LogP contribution is -2.25. The third-order valence-corrected chi connectivity index (χ3v) is 5.25. The van der Waals surface area contributed by atoms with E-state index in [0.29, 0.717) is 0 Å². The van der Waals surface area contributed by atoms with Crippen molar-refractivity contribution >= 4 is 23.3 Å². The molecule has 1 aliphatic heterocycles. The molecule has 0 amide bonds. The molecule has 2 unspecified atom stereocenters. The lowest BCUT2D eigenvalue weighted by molar-refractivity contribution is 0.138. The average Bonchev–Trinajstić information content (AvgIpc) is 2.74. The SMILES string of the molecule is Cc1cc(C(O)C2(C)CCCS2)sn1. The van der Waals surface area contributed by atoms with Crippen molar-refractivity contribution in [1.29, 1.82) is 0 Å².